The van der Waals surface area contributed by atoms with Crippen molar-refractivity contribution in [1.29, 1.82) is 0 Å². The zero-order chi connectivity index (χ0) is 17.5. The largest absolute Gasteiger partial charge is 0.493 e. The Hall–Kier alpha value is -2.11. The van der Waals surface area contributed by atoms with Crippen molar-refractivity contribution in [3.05, 3.63) is 52.0 Å². The third-order valence-electron chi connectivity index (χ3n) is 3.31. The van der Waals surface area contributed by atoms with Gasteiger partial charge in [-0.2, -0.15) is 0 Å². The molecule has 24 heavy (non-hydrogen) atoms. The Bertz CT molecular complexity index is 723. The number of amides is 1. The van der Waals surface area contributed by atoms with Crippen LogP contribution < -0.4 is 20.1 Å². The monoisotopic (exact) mass is 368 g/mol. The molecule has 0 saturated heterocycles. The fourth-order valence-corrected chi connectivity index (χ4v) is 2.54. The summed E-state index contributed by atoms with van der Waals surface area (Å²) in [6.07, 6.45) is 0. The molecule has 0 spiro atoms. The molecule has 7 heteroatoms. The first kappa shape index (κ1) is 18.2. The van der Waals surface area contributed by atoms with E-state index in [4.69, 9.17) is 32.7 Å². The van der Waals surface area contributed by atoms with Crippen LogP contribution in [0.2, 0.25) is 10.0 Å². The Kier molecular flexibility index (Phi) is 6.58. The second-order valence-electron chi connectivity index (χ2n) is 4.94. The van der Waals surface area contributed by atoms with Crippen LogP contribution in [0.25, 0.3) is 0 Å². The van der Waals surface area contributed by atoms with Crippen molar-refractivity contribution >= 4 is 34.8 Å². The van der Waals surface area contributed by atoms with Gasteiger partial charge in [-0.25, -0.2) is 0 Å². The maximum Gasteiger partial charge on any atom is 0.239 e. The van der Waals surface area contributed by atoms with Crippen LogP contribution in [0.5, 0.6) is 11.5 Å². The lowest BCUT2D eigenvalue weighted by Crippen LogP contribution is -2.29. The van der Waals surface area contributed by atoms with Crippen LogP contribution in [0.1, 0.15) is 5.56 Å². The molecule has 0 unspecified atom stereocenters. The third kappa shape index (κ3) is 4.94. The summed E-state index contributed by atoms with van der Waals surface area (Å²) in [5.41, 5.74) is 1.56. The molecule has 2 rings (SSSR count). The minimum Gasteiger partial charge on any atom is -0.493 e. The summed E-state index contributed by atoms with van der Waals surface area (Å²) in [5, 5.41) is 6.80. The van der Waals surface area contributed by atoms with E-state index in [9.17, 15) is 4.79 Å². The molecule has 0 aliphatic heterocycles. The minimum absolute atomic E-state index is 0.106. The first-order valence-electron chi connectivity index (χ1n) is 7.20. The Balaban J connectivity index is 1.87. The number of benzene rings is 2. The highest BCUT2D eigenvalue weighted by atomic mass is 35.5. The van der Waals surface area contributed by atoms with E-state index in [0.29, 0.717) is 33.8 Å². The zero-order valence-corrected chi connectivity index (χ0v) is 14.9. The van der Waals surface area contributed by atoms with Gasteiger partial charge in [-0.1, -0.05) is 29.3 Å². The fraction of sp³-hybridized carbons (Fsp3) is 0.235. The molecular formula is C17H18Cl2N2O3. The van der Waals surface area contributed by atoms with Crippen molar-refractivity contribution in [3.63, 3.8) is 0 Å². The molecule has 0 bridgehead atoms. The van der Waals surface area contributed by atoms with E-state index in [1.54, 1.807) is 38.5 Å². The maximum absolute atomic E-state index is 11.9. The van der Waals surface area contributed by atoms with E-state index < -0.39 is 0 Å². The second-order valence-corrected chi connectivity index (χ2v) is 5.79. The van der Waals surface area contributed by atoms with Crippen molar-refractivity contribution in [1.82, 2.24) is 5.32 Å². The highest BCUT2D eigenvalue weighted by Crippen LogP contribution is 2.27. The van der Waals surface area contributed by atoms with E-state index in [2.05, 4.69) is 10.6 Å². The van der Waals surface area contributed by atoms with Gasteiger partial charge in [-0.3, -0.25) is 4.79 Å². The van der Waals surface area contributed by atoms with Crippen molar-refractivity contribution in [2.24, 2.45) is 0 Å². The highest BCUT2D eigenvalue weighted by molar-refractivity contribution is 6.36. The van der Waals surface area contributed by atoms with Gasteiger partial charge in [-0.15, -0.1) is 0 Å². The number of halogens is 2. The number of rotatable bonds is 7. The smallest absolute Gasteiger partial charge is 0.239 e. The van der Waals surface area contributed by atoms with Gasteiger partial charge >= 0.3 is 0 Å². The fourth-order valence-electron chi connectivity index (χ4n) is 2.06. The van der Waals surface area contributed by atoms with Crippen LogP contribution in [0.15, 0.2) is 36.4 Å². The summed E-state index contributed by atoms with van der Waals surface area (Å²) in [6.45, 7) is 0.490. The van der Waals surface area contributed by atoms with E-state index in [1.165, 1.54) is 0 Å². The summed E-state index contributed by atoms with van der Waals surface area (Å²) >= 11 is 11.9. The Morgan fingerprint density at radius 3 is 2.46 bits per heavy atom. The van der Waals surface area contributed by atoms with Crippen molar-refractivity contribution < 1.29 is 14.3 Å². The lowest BCUT2D eigenvalue weighted by Gasteiger charge is -2.11. The molecule has 2 aromatic rings. The molecule has 1 amide bonds. The van der Waals surface area contributed by atoms with E-state index >= 15 is 0 Å². The van der Waals surface area contributed by atoms with E-state index in [-0.39, 0.29) is 12.5 Å². The summed E-state index contributed by atoms with van der Waals surface area (Å²) in [6, 6.07) is 10.5. The molecule has 0 heterocycles. The van der Waals surface area contributed by atoms with Gasteiger partial charge in [0, 0.05) is 11.6 Å². The van der Waals surface area contributed by atoms with E-state index in [0.717, 1.165) is 5.56 Å². The van der Waals surface area contributed by atoms with Crippen molar-refractivity contribution in [3.8, 4) is 11.5 Å². The first-order chi connectivity index (χ1) is 11.5. The SMILES string of the molecule is COc1ccc(CNC(=O)CNc2ccc(Cl)cc2Cl)cc1OC. The number of carbonyl (C=O) groups is 1. The zero-order valence-electron chi connectivity index (χ0n) is 13.4. The molecule has 2 aromatic carbocycles. The number of carbonyl (C=O) groups excluding carboxylic acids is 1. The Labute approximate surface area is 150 Å². The topological polar surface area (TPSA) is 59.6 Å². The number of hydrogen-bond donors (Lipinski definition) is 2. The quantitative estimate of drug-likeness (QED) is 0.781. The summed E-state index contributed by atoms with van der Waals surface area (Å²) in [4.78, 5) is 11.9. The van der Waals surface area contributed by atoms with Gasteiger partial charge in [0.2, 0.25) is 5.91 Å². The van der Waals surface area contributed by atoms with Gasteiger partial charge in [0.25, 0.3) is 0 Å². The molecule has 0 radical (unpaired) electrons. The lowest BCUT2D eigenvalue weighted by atomic mass is 10.2. The summed E-state index contributed by atoms with van der Waals surface area (Å²) in [7, 11) is 3.15. The average molecular weight is 369 g/mol. The van der Waals surface area contributed by atoms with Gasteiger partial charge in [0.05, 0.1) is 31.5 Å². The molecule has 128 valence electrons. The molecule has 0 fully saturated rings. The molecule has 0 aliphatic rings. The number of methoxy groups -OCH3 is 2. The summed E-state index contributed by atoms with van der Waals surface area (Å²) < 4.78 is 10.4. The number of hydrogen-bond acceptors (Lipinski definition) is 4. The van der Waals surface area contributed by atoms with Crippen LogP contribution in [-0.2, 0) is 11.3 Å². The second kappa shape index (κ2) is 8.66. The van der Waals surface area contributed by atoms with Crippen molar-refractivity contribution in [2.45, 2.75) is 6.54 Å². The Morgan fingerprint density at radius 2 is 1.79 bits per heavy atom. The summed E-state index contributed by atoms with van der Waals surface area (Å²) in [5.74, 6) is 1.11. The van der Waals surface area contributed by atoms with Crippen molar-refractivity contribution in [2.75, 3.05) is 26.1 Å². The number of nitrogens with one attached hydrogen (secondary N) is 2. The minimum atomic E-state index is -0.157. The molecule has 0 aliphatic carbocycles. The van der Waals surface area contributed by atoms with Crippen LogP contribution in [0.3, 0.4) is 0 Å². The average Bonchev–Trinajstić information content (AvgIpc) is 2.58. The standard InChI is InChI=1S/C17H18Cl2N2O3/c1-23-15-6-3-11(7-16(15)24-2)9-21-17(22)10-20-14-5-4-12(18)8-13(14)19/h3-8,20H,9-10H2,1-2H3,(H,21,22). The predicted octanol–water partition coefficient (Wildman–Crippen LogP) is 3.74. The van der Waals surface area contributed by atoms with E-state index in [1.807, 2.05) is 12.1 Å². The van der Waals surface area contributed by atoms with Crippen LogP contribution in [-0.4, -0.2) is 26.7 Å². The van der Waals surface area contributed by atoms with Crippen LogP contribution in [0.4, 0.5) is 5.69 Å². The number of ether oxygens (including phenoxy) is 2. The van der Waals surface area contributed by atoms with Gasteiger partial charge < -0.3 is 20.1 Å². The van der Waals surface area contributed by atoms with Crippen LogP contribution in [0, 0.1) is 0 Å². The van der Waals surface area contributed by atoms with Gasteiger partial charge in [-0.05, 0) is 35.9 Å². The number of anilines is 1. The molecule has 2 N–H and O–H groups in total. The van der Waals surface area contributed by atoms with Crippen LogP contribution >= 0.6 is 23.2 Å². The molecule has 5 nitrogen and oxygen atoms in total. The Morgan fingerprint density at radius 1 is 1.04 bits per heavy atom. The molecule has 0 saturated carbocycles. The lowest BCUT2D eigenvalue weighted by molar-refractivity contribution is -0.119. The molecule has 0 atom stereocenters. The first-order valence-corrected chi connectivity index (χ1v) is 7.95. The van der Waals surface area contributed by atoms with Gasteiger partial charge in [0.15, 0.2) is 11.5 Å². The third-order valence-corrected chi connectivity index (χ3v) is 3.86. The van der Waals surface area contributed by atoms with Gasteiger partial charge in [0.1, 0.15) is 0 Å². The normalized spacial score (nSPS) is 10.2. The highest BCUT2D eigenvalue weighted by Gasteiger charge is 2.07. The predicted molar refractivity (Wildman–Crippen MR) is 96.3 cm³/mol. The molecular weight excluding hydrogens is 351 g/mol. The molecule has 0 aromatic heterocycles. The maximum atomic E-state index is 11.9.